The van der Waals surface area contributed by atoms with Crippen molar-refractivity contribution in [3.8, 4) is 11.1 Å². The maximum Gasteiger partial charge on any atom is 0.305 e. The molecule has 0 bridgehead atoms. The lowest BCUT2D eigenvalue weighted by Crippen LogP contribution is -2.17. The molecule has 0 N–H and O–H groups in total. The quantitative estimate of drug-likeness (QED) is 0.603. The maximum absolute atomic E-state index is 13.2. The Bertz CT molecular complexity index is 679. The van der Waals surface area contributed by atoms with Crippen molar-refractivity contribution >= 4 is 5.69 Å². The van der Waals surface area contributed by atoms with Gasteiger partial charge < -0.3 is 4.57 Å². The number of aryl methyl sites for hydroxylation is 1. The fourth-order valence-electron chi connectivity index (χ4n) is 1.64. The van der Waals surface area contributed by atoms with Crippen LogP contribution in [0, 0.1) is 15.9 Å². The number of halogens is 1. The zero-order chi connectivity index (χ0) is 13.3. The summed E-state index contributed by atoms with van der Waals surface area (Å²) in [4.78, 5) is 21.7. The van der Waals surface area contributed by atoms with Gasteiger partial charge in [-0.2, -0.15) is 4.39 Å². The van der Waals surface area contributed by atoms with Crippen LogP contribution in [0.5, 0.6) is 0 Å². The van der Waals surface area contributed by atoms with E-state index in [0.717, 1.165) is 12.1 Å². The van der Waals surface area contributed by atoms with E-state index in [-0.39, 0.29) is 5.56 Å². The normalized spacial score (nSPS) is 10.3. The van der Waals surface area contributed by atoms with Gasteiger partial charge in [-0.1, -0.05) is 6.07 Å². The molecule has 0 unspecified atom stereocenters. The molecule has 0 radical (unpaired) electrons. The molecular formula is C12H9FN2O3. The molecule has 92 valence electrons. The van der Waals surface area contributed by atoms with Gasteiger partial charge in [0.05, 0.1) is 4.92 Å². The second kappa shape index (κ2) is 4.40. The molecule has 2 rings (SSSR count). The van der Waals surface area contributed by atoms with Crippen LogP contribution in [0.2, 0.25) is 0 Å². The first-order valence-electron chi connectivity index (χ1n) is 5.10. The summed E-state index contributed by atoms with van der Waals surface area (Å²) in [5.41, 5.74) is -0.316. The number of benzene rings is 1. The Hall–Kier alpha value is -2.50. The van der Waals surface area contributed by atoms with Crippen LogP contribution in [0.1, 0.15) is 0 Å². The summed E-state index contributed by atoms with van der Waals surface area (Å²) in [7, 11) is 1.57. The highest BCUT2D eigenvalue weighted by Crippen LogP contribution is 2.24. The largest absolute Gasteiger partial charge is 0.318 e. The Morgan fingerprint density at radius 2 is 2.06 bits per heavy atom. The SMILES string of the molecule is Cn1cccc(-c2ccc(F)c([N+](=O)[O-])c2)c1=O. The number of nitro benzene ring substituents is 1. The highest BCUT2D eigenvalue weighted by molar-refractivity contribution is 5.65. The molecule has 0 atom stereocenters. The second-order valence-corrected chi connectivity index (χ2v) is 3.76. The number of nitro groups is 1. The first-order valence-corrected chi connectivity index (χ1v) is 5.10. The Balaban J connectivity index is 2.65. The van der Waals surface area contributed by atoms with Gasteiger partial charge in [-0.3, -0.25) is 14.9 Å². The Morgan fingerprint density at radius 3 is 2.72 bits per heavy atom. The third kappa shape index (κ3) is 2.00. The fourth-order valence-corrected chi connectivity index (χ4v) is 1.64. The van der Waals surface area contributed by atoms with Crippen molar-refractivity contribution in [2.75, 3.05) is 0 Å². The van der Waals surface area contributed by atoms with Crippen molar-refractivity contribution < 1.29 is 9.31 Å². The van der Waals surface area contributed by atoms with Crippen molar-refractivity contribution in [3.05, 3.63) is 62.8 Å². The standard InChI is InChI=1S/C12H9FN2O3/c1-14-6-2-3-9(12(14)16)8-4-5-10(13)11(7-8)15(17)18/h2-7H,1H3. The van der Waals surface area contributed by atoms with Crippen LogP contribution < -0.4 is 5.56 Å². The lowest BCUT2D eigenvalue weighted by molar-refractivity contribution is -0.387. The van der Waals surface area contributed by atoms with E-state index < -0.39 is 16.4 Å². The number of hydrogen-bond acceptors (Lipinski definition) is 3. The summed E-state index contributed by atoms with van der Waals surface area (Å²) >= 11 is 0. The lowest BCUT2D eigenvalue weighted by atomic mass is 10.1. The summed E-state index contributed by atoms with van der Waals surface area (Å²) in [5, 5.41) is 10.6. The number of aromatic nitrogens is 1. The number of rotatable bonds is 2. The fraction of sp³-hybridized carbons (Fsp3) is 0.0833. The molecule has 0 fully saturated rings. The molecule has 0 spiro atoms. The van der Waals surface area contributed by atoms with Crippen molar-refractivity contribution in [3.63, 3.8) is 0 Å². The monoisotopic (exact) mass is 248 g/mol. The minimum atomic E-state index is -0.920. The Labute approximate surface area is 101 Å². The van der Waals surface area contributed by atoms with E-state index >= 15 is 0 Å². The molecule has 0 saturated heterocycles. The summed E-state index contributed by atoms with van der Waals surface area (Å²) < 4.78 is 14.5. The molecule has 1 aromatic carbocycles. The van der Waals surface area contributed by atoms with Crippen LogP contribution in [-0.4, -0.2) is 9.49 Å². The van der Waals surface area contributed by atoms with Gasteiger partial charge in [0.15, 0.2) is 0 Å². The van der Waals surface area contributed by atoms with Gasteiger partial charge in [0.2, 0.25) is 5.82 Å². The van der Waals surface area contributed by atoms with Crippen LogP contribution in [0.25, 0.3) is 11.1 Å². The van der Waals surface area contributed by atoms with Gasteiger partial charge in [-0.05, 0) is 23.8 Å². The molecule has 0 saturated carbocycles. The van der Waals surface area contributed by atoms with Gasteiger partial charge in [-0.25, -0.2) is 0 Å². The molecule has 18 heavy (non-hydrogen) atoms. The van der Waals surface area contributed by atoms with Crippen molar-refractivity contribution in [1.29, 1.82) is 0 Å². The third-order valence-corrected chi connectivity index (χ3v) is 2.58. The average molecular weight is 248 g/mol. The predicted molar refractivity (Wildman–Crippen MR) is 63.7 cm³/mol. The molecular weight excluding hydrogens is 239 g/mol. The molecule has 2 aromatic rings. The van der Waals surface area contributed by atoms with Crippen LogP contribution in [0.3, 0.4) is 0 Å². The molecule has 5 nitrogen and oxygen atoms in total. The third-order valence-electron chi connectivity index (χ3n) is 2.58. The van der Waals surface area contributed by atoms with E-state index in [9.17, 15) is 19.3 Å². The molecule has 1 heterocycles. The van der Waals surface area contributed by atoms with Crippen LogP contribution >= 0.6 is 0 Å². The summed E-state index contributed by atoms with van der Waals surface area (Å²) in [6.45, 7) is 0. The molecule has 0 aliphatic rings. The summed E-state index contributed by atoms with van der Waals surface area (Å²) in [6.07, 6.45) is 1.57. The van der Waals surface area contributed by atoms with Gasteiger partial charge in [0.25, 0.3) is 5.56 Å². The molecule has 0 amide bonds. The minimum absolute atomic E-state index is 0.293. The van der Waals surface area contributed by atoms with Gasteiger partial charge in [0, 0.05) is 24.9 Å². The van der Waals surface area contributed by atoms with E-state index in [4.69, 9.17) is 0 Å². The van der Waals surface area contributed by atoms with Gasteiger partial charge in [0.1, 0.15) is 0 Å². The van der Waals surface area contributed by atoms with E-state index in [1.165, 1.54) is 10.6 Å². The summed E-state index contributed by atoms with van der Waals surface area (Å²) in [5.74, 6) is -0.920. The maximum atomic E-state index is 13.2. The first-order chi connectivity index (χ1) is 8.50. The Kier molecular flexibility index (Phi) is 2.93. The van der Waals surface area contributed by atoms with E-state index in [2.05, 4.69) is 0 Å². The highest BCUT2D eigenvalue weighted by atomic mass is 19.1. The van der Waals surface area contributed by atoms with Crippen LogP contribution in [0.4, 0.5) is 10.1 Å². The molecule has 0 aliphatic carbocycles. The van der Waals surface area contributed by atoms with Crippen LogP contribution in [0.15, 0.2) is 41.3 Å². The lowest BCUT2D eigenvalue weighted by Gasteiger charge is -2.03. The van der Waals surface area contributed by atoms with Crippen molar-refractivity contribution in [1.82, 2.24) is 4.57 Å². The molecule has 0 aliphatic heterocycles. The second-order valence-electron chi connectivity index (χ2n) is 3.76. The van der Waals surface area contributed by atoms with Crippen molar-refractivity contribution in [2.24, 2.45) is 7.05 Å². The van der Waals surface area contributed by atoms with Gasteiger partial charge >= 0.3 is 5.69 Å². The van der Waals surface area contributed by atoms with Crippen molar-refractivity contribution in [2.45, 2.75) is 0 Å². The highest BCUT2D eigenvalue weighted by Gasteiger charge is 2.16. The summed E-state index contributed by atoms with van der Waals surface area (Å²) in [6, 6.07) is 6.58. The zero-order valence-corrected chi connectivity index (χ0v) is 9.46. The molecule has 6 heteroatoms. The van der Waals surface area contributed by atoms with E-state index in [0.29, 0.717) is 11.1 Å². The predicted octanol–water partition coefficient (Wildman–Crippen LogP) is 2.10. The topological polar surface area (TPSA) is 65.1 Å². The van der Waals surface area contributed by atoms with Gasteiger partial charge in [-0.15, -0.1) is 0 Å². The Morgan fingerprint density at radius 1 is 1.33 bits per heavy atom. The number of pyridine rings is 1. The number of nitrogens with zero attached hydrogens (tertiary/aromatic N) is 2. The average Bonchev–Trinajstić information content (AvgIpc) is 2.33. The zero-order valence-electron chi connectivity index (χ0n) is 9.46. The minimum Gasteiger partial charge on any atom is -0.318 e. The molecule has 1 aromatic heterocycles. The van der Waals surface area contributed by atoms with E-state index in [1.54, 1.807) is 25.4 Å². The number of hydrogen-bond donors (Lipinski definition) is 0. The van der Waals surface area contributed by atoms with E-state index in [1.807, 2.05) is 0 Å². The first kappa shape index (κ1) is 12.0. The van der Waals surface area contributed by atoms with Crippen LogP contribution in [-0.2, 0) is 7.05 Å². The smallest absolute Gasteiger partial charge is 0.305 e.